The fraction of sp³-hybridized carbons (Fsp3) is 0.500. The van der Waals surface area contributed by atoms with E-state index in [-0.39, 0.29) is 0 Å². The molecule has 1 aromatic carbocycles. The monoisotopic (exact) mass is 225 g/mol. The molecule has 0 saturated carbocycles. The maximum absolute atomic E-state index is 5.37. The average molecular weight is 225 g/mol. The number of rotatable bonds is 5. The van der Waals surface area contributed by atoms with Crippen LogP contribution in [0.1, 0.15) is 11.1 Å². The number of ether oxygens (including phenoxy) is 1. The van der Waals surface area contributed by atoms with Crippen LogP contribution in [0.4, 0.5) is 0 Å². The maximum atomic E-state index is 5.37. The summed E-state index contributed by atoms with van der Waals surface area (Å²) in [6.45, 7) is 5.26. The van der Waals surface area contributed by atoms with E-state index in [1.165, 1.54) is 16.0 Å². The second-order valence-electron chi connectivity index (χ2n) is 3.54. The van der Waals surface area contributed by atoms with E-state index < -0.39 is 0 Å². The largest absolute Gasteiger partial charge is 0.496 e. The molecule has 0 bridgehead atoms. The molecule has 2 nitrogen and oxygen atoms in total. The van der Waals surface area contributed by atoms with Crippen molar-refractivity contribution in [2.75, 3.05) is 26.5 Å². The van der Waals surface area contributed by atoms with Crippen LogP contribution in [0.15, 0.2) is 17.0 Å². The predicted molar refractivity (Wildman–Crippen MR) is 67.1 cm³/mol. The number of benzene rings is 1. The van der Waals surface area contributed by atoms with Gasteiger partial charge in [-0.2, -0.15) is 0 Å². The minimum absolute atomic E-state index is 0.985. The molecular weight excluding hydrogens is 206 g/mol. The first-order valence-electron chi connectivity index (χ1n) is 5.11. The van der Waals surface area contributed by atoms with Crippen LogP contribution in [-0.4, -0.2) is 26.5 Å². The molecule has 0 amide bonds. The van der Waals surface area contributed by atoms with Crippen molar-refractivity contribution in [3.05, 3.63) is 23.3 Å². The summed E-state index contributed by atoms with van der Waals surface area (Å²) in [5.41, 5.74) is 2.60. The van der Waals surface area contributed by atoms with Gasteiger partial charge in [-0.15, -0.1) is 11.8 Å². The molecule has 1 rings (SSSR count). The third-order valence-electron chi connectivity index (χ3n) is 2.39. The number of nitrogens with one attached hydrogen (secondary N) is 1. The molecule has 0 radical (unpaired) electrons. The van der Waals surface area contributed by atoms with Gasteiger partial charge >= 0.3 is 0 Å². The first-order chi connectivity index (χ1) is 7.19. The summed E-state index contributed by atoms with van der Waals surface area (Å²) in [5, 5.41) is 3.14. The van der Waals surface area contributed by atoms with Gasteiger partial charge in [0.15, 0.2) is 0 Å². The minimum Gasteiger partial charge on any atom is -0.496 e. The standard InChI is InChI=1S/C12H19NOS/c1-9-7-11(14-4)12(8-10(9)2)15-6-5-13-3/h7-8,13H,5-6H2,1-4H3. The van der Waals surface area contributed by atoms with E-state index in [9.17, 15) is 0 Å². The highest BCUT2D eigenvalue weighted by atomic mass is 32.2. The first-order valence-corrected chi connectivity index (χ1v) is 6.10. The molecular formula is C12H19NOS. The fourth-order valence-electron chi connectivity index (χ4n) is 1.30. The molecule has 0 heterocycles. The molecule has 0 spiro atoms. The van der Waals surface area contributed by atoms with Crippen LogP contribution in [-0.2, 0) is 0 Å². The summed E-state index contributed by atoms with van der Waals surface area (Å²) in [5.74, 6) is 2.05. The molecule has 0 aliphatic heterocycles. The summed E-state index contributed by atoms with van der Waals surface area (Å²) in [6.07, 6.45) is 0. The van der Waals surface area contributed by atoms with E-state index in [2.05, 4.69) is 31.3 Å². The molecule has 0 unspecified atom stereocenters. The van der Waals surface area contributed by atoms with Crippen LogP contribution >= 0.6 is 11.8 Å². The van der Waals surface area contributed by atoms with Crippen LogP contribution in [0.25, 0.3) is 0 Å². The van der Waals surface area contributed by atoms with Crippen molar-refractivity contribution in [2.45, 2.75) is 18.7 Å². The molecule has 0 saturated heterocycles. The Morgan fingerprint density at radius 3 is 2.53 bits per heavy atom. The quantitative estimate of drug-likeness (QED) is 0.615. The molecule has 0 fully saturated rings. The number of hydrogen-bond donors (Lipinski definition) is 1. The van der Waals surface area contributed by atoms with Gasteiger partial charge in [-0.25, -0.2) is 0 Å². The lowest BCUT2D eigenvalue weighted by Crippen LogP contribution is -2.09. The Balaban J connectivity index is 2.80. The van der Waals surface area contributed by atoms with Crippen LogP contribution < -0.4 is 10.1 Å². The normalized spacial score (nSPS) is 10.4. The summed E-state index contributed by atoms with van der Waals surface area (Å²) in [4.78, 5) is 1.23. The van der Waals surface area contributed by atoms with Crippen molar-refractivity contribution in [1.29, 1.82) is 0 Å². The number of hydrogen-bond acceptors (Lipinski definition) is 3. The minimum atomic E-state index is 0.985. The Labute approximate surface area is 96.4 Å². The summed E-state index contributed by atoms with van der Waals surface area (Å²) < 4.78 is 5.37. The SMILES string of the molecule is CNCCSc1cc(C)c(C)cc1OC. The predicted octanol–water partition coefficient (Wildman–Crippen LogP) is 2.62. The molecule has 0 aliphatic rings. The Morgan fingerprint density at radius 1 is 1.27 bits per heavy atom. The molecule has 0 aromatic heterocycles. The van der Waals surface area contributed by atoms with Crippen molar-refractivity contribution in [2.24, 2.45) is 0 Å². The molecule has 1 N–H and O–H groups in total. The highest BCUT2D eigenvalue weighted by Gasteiger charge is 2.05. The van der Waals surface area contributed by atoms with E-state index >= 15 is 0 Å². The van der Waals surface area contributed by atoms with Gasteiger partial charge in [0.2, 0.25) is 0 Å². The summed E-state index contributed by atoms with van der Waals surface area (Å²) >= 11 is 1.83. The Kier molecular flexibility index (Phi) is 4.99. The smallest absolute Gasteiger partial charge is 0.132 e. The van der Waals surface area contributed by atoms with Crippen molar-refractivity contribution >= 4 is 11.8 Å². The first kappa shape index (κ1) is 12.4. The van der Waals surface area contributed by atoms with Crippen LogP contribution in [0, 0.1) is 13.8 Å². The van der Waals surface area contributed by atoms with Gasteiger partial charge in [0.05, 0.1) is 7.11 Å². The van der Waals surface area contributed by atoms with Gasteiger partial charge in [0.1, 0.15) is 5.75 Å². The van der Waals surface area contributed by atoms with Crippen molar-refractivity contribution in [3.8, 4) is 5.75 Å². The van der Waals surface area contributed by atoms with E-state index in [1.807, 2.05) is 18.8 Å². The van der Waals surface area contributed by atoms with Crippen LogP contribution in [0.2, 0.25) is 0 Å². The van der Waals surface area contributed by atoms with E-state index in [0.717, 1.165) is 18.0 Å². The third kappa shape index (κ3) is 3.43. The van der Waals surface area contributed by atoms with Gasteiger partial charge < -0.3 is 10.1 Å². The lowest BCUT2D eigenvalue weighted by molar-refractivity contribution is 0.404. The molecule has 84 valence electrons. The average Bonchev–Trinajstić information content (AvgIpc) is 2.23. The zero-order chi connectivity index (χ0) is 11.3. The van der Waals surface area contributed by atoms with Gasteiger partial charge in [0, 0.05) is 17.2 Å². The topological polar surface area (TPSA) is 21.3 Å². The van der Waals surface area contributed by atoms with Gasteiger partial charge in [-0.05, 0) is 44.2 Å². The third-order valence-corrected chi connectivity index (χ3v) is 3.43. The van der Waals surface area contributed by atoms with E-state index in [0.29, 0.717) is 0 Å². The highest BCUT2D eigenvalue weighted by Crippen LogP contribution is 2.31. The lowest BCUT2D eigenvalue weighted by Gasteiger charge is -2.11. The maximum Gasteiger partial charge on any atom is 0.132 e. The lowest BCUT2D eigenvalue weighted by atomic mass is 10.1. The molecule has 0 atom stereocenters. The highest BCUT2D eigenvalue weighted by molar-refractivity contribution is 7.99. The van der Waals surface area contributed by atoms with Crippen molar-refractivity contribution in [3.63, 3.8) is 0 Å². The Bertz CT molecular complexity index is 326. The number of thioether (sulfide) groups is 1. The molecule has 15 heavy (non-hydrogen) atoms. The second-order valence-corrected chi connectivity index (χ2v) is 4.68. The Morgan fingerprint density at radius 2 is 1.93 bits per heavy atom. The Hall–Kier alpha value is -0.670. The molecule has 1 aromatic rings. The number of aryl methyl sites for hydroxylation is 2. The second kappa shape index (κ2) is 6.03. The van der Waals surface area contributed by atoms with Crippen molar-refractivity contribution in [1.82, 2.24) is 5.32 Å². The molecule has 0 aliphatic carbocycles. The van der Waals surface area contributed by atoms with Gasteiger partial charge in [-0.3, -0.25) is 0 Å². The van der Waals surface area contributed by atoms with Gasteiger partial charge in [-0.1, -0.05) is 0 Å². The van der Waals surface area contributed by atoms with Crippen molar-refractivity contribution < 1.29 is 4.74 Å². The molecule has 3 heteroatoms. The fourth-order valence-corrected chi connectivity index (χ4v) is 2.37. The van der Waals surface area contributed by atoms with E-state index in [4.69, 9.17) is 4.74 Å². The summed E-state index contributed by atoms with van der Waals surface area (Å²) in [6, 6.07) is 4.31. The zero-order valence-corrected chi connectivity index (χ0v) is 10.7. The van der Waals surface area contributed by atoms with Gasteiger partial charge in [0.25, 0.3) is 0 Å². The van der Waals surface area contributed by atoms with Crippen LogP contribution in [0.3, 0.4) is 0 Å². The summed E-state index contributed by atoms with van der Waals surface area (Å²) in [7, 11) is 3.70. The van der Waals surface area contributed by atoms with Crippen LogP contribution in [0.5, 0.6) is 5.75 Å². The zero-order valence-electron chi connectivity index (χ0n) is 9.89. The van der Waals surface area contributed by atoms with E-state index in [1.54, 1.807) is 7.11 Å². The number of methoxy groups -OCH3 is 1.